The number of carbonyl (C=O) groups excluding carboxylic acids is 2. The van der Waals surface area contributed by atoms with Gasteiger partial charge in [0.05, 0.1) is 21.3 Å². The number of rotatable bonds is 8. The van der Waals surface area contributed by atoms with Crippen LogP contribution in [0.15, 0.2) is 90.6 Å². The summed E-state index contributed by atoms with van der Waals surface area (Å²) >= 11 is 0. The van der Waals surface area contributed by atoms with E-state index in [0.717, 1.165) is 10.8 Å². The van der Waals surface area contributed by atoms with Crippen LogP contribution in [0.25, 0.3) is 16.8 Å². The Morgan fingerprint density at radius 1 is 0.694 bits per heavy atom. The van der Waals surface area contributed by atoms with E-state index in [4.69, 9.17) is 14.2 Å². The lowest BCUT2D eigenvalue weighted by Gasteiger charge is -2.14. The van der Waals surface area contributed by atoms with Crippen molar-refractivity contribution in [2.45, 2.75) is 0 Å². The number of hydrogen-bond acceptors (Lipinski definition) is 5. The maximum Gasteiger partial charge on any atom is 0.272 e. The molecule has 0 spiro atoms. The maximum atomic E-state index is 13.4. The molecule has 7 nitrogen and oxygen atoms in total. The minimum Gasteiger partial charge on any atom is -0.496 e. The SMILES string of the molecule is COc1ccccc1C=C(NC(=O)c1ccc(OC)c(OC)c1)C(=O)Nc1ccc2ccccc2c1. The molecule has 0 atom stereocenters. The zero-order valence-electron chi connectivity index (χ0n) is 20.2. The van der Waals surface area contributed by atoms with Gasteiger partial charge in [0.15, 0.2) is 11.5 Å². The largest absolute Gasteiger partial charge is 0.496 e. The molecule has 2 N–H and O–H groups in total. The lowest BCUT2D eigenvalue weighted by molar-refractivity contribution is -0.113. The fourth-order valence-corrected chi connectivity index (χ4v) is 3.74. The number of ether oxygens (including phenoxy) is 3. The summed E-state index contributed by atoms with van der Waals surface area (Å²) in [5.41, 5.74) is 1.59. The molecular weight excluding hydrogens is 456 g/mol. The lowest BCUT2D eigenvalue weighted by Crippen LogP contribution is -2.30. The highest BCUT2D eigenvalue weighted by atomic mass is 16.5. The van der Waals surface area contributed by atoms with Crippen LogP contribution in [0.2, 0.25) is 0 Å². The monoisotopic (exact) mass is 482 g/mol. The molecule has 0 unspecified atom stereocenters. The maximum absolute atomic E-state index is 13.4. The van der Waals surface area contributed by atoms with Gasteiger partial charge in [-0.05, 0) is 53.2 Å². The second-order valence-corrected chi connectivity index (χ2v) is 7.84. The summed E-state index contributed by atoms with van der Waals surface area (Å²) in [6, 6.07) is 25.5. The van der Waals surface area contributed by atoms with Crippen LogP contribution in [0.4, 0.5) is 5.69 Å². The topological polar surface area (TPSA) is 85.9 Å². The zero-order valence-corrected chi connectivity index (χ0v) is 20.2. The Balaban J connectivity index is 1.67. The van der Waals surface area contributed by atoms with Crippen molar-refractivity contribution in [2.75, 3.05) is 26.6 Å². The quantitative estimate of drug-likeness (QED) is 0.334. The molecule has 36 heavy (non-hydrogen) atoms. The van der Waals surface area contributed by atoms with Gasteiger partial charge in [-0.25, -0.2) is 0 Å². The normalized spacial score (nSPS) is 11.0. The molecule has 4 rings (SSSR count). The predicted molar refractivity (Wildman–Crippen MR) is 141 cm³/mol. The predicted octanol–water partition coefficient (Wildman–Crippen LogP) is 5.28. The van der Waals surface area contributed by atoms with Gasteiger partial charge in [0.1, 0.15) is 11.4 Å². The zero-order chi connectivity index (χ0) is 25.5. The van der Waals surface area contributed by atoms with Crippen molar-refractivity contribution in [3.05, 3.63) is 102 Å². The van der Waals surface area contributed by atoms with E-state index in [0.29, 0.717) is 34.1 Å². The van der Waals surface area contributed by atoms with Crippen LogP contribution < -0.4 is 24.8 Å². The first-order valence-corrected chi connectivity index (χ1v) is 11.2. The van der Waals surface area contributed by atoms with Crippen LogP contribution in [0, 0.1) is 0 Å². The molecule has 4 aromatic rings. The highest BCUT2D eigenvalue weighted by molar-refractivity contribution is 6.11. The van der Waals surface area contributed by atoms with Crippen LogP contribution in [0.3, 0.4) is 0 Å². The third-order valence-corrected chi connectivity index (χ3v) is 5.58. The third kappa shape index (κ3) is 5.47. The third-order valence-electron chi connectivity index (χ3n) is 5.58. The Kier molecular flexibility index (Phi) is 7.51. The van der Waals surface area contributed by atoms with Gasteiger partial charge in [0, 0.05) is 16.8 Å². The van der Waals surface area contributed by atoms with Crippen molar-refractivity contribution in [1.82, 2.24) is 5.32 Å². The summed E-state index contributed by atoms with van der Waals surface area (Å²) in [6.07, 6.45) is 1.58. The summed E-state index contributed by atoms with van der Waals surface area (Å²) in [5.74, 6) is 0.499. The molecule has 7 heteroatoms. The smallest absolute Gasteiger partial charge is 0.272 e. The molecular formula is C29H26N2O5. The van der Waals surface area contributed by atoms with Gasteiger partial charge in [-0.2, -0.15) is 0 Å². The number of amides is 2. The molecule has 182 valence electrons. The first-order chi connectivity index (χ1) is 17.5. The van der Waals surface area contributed by atoms with E-state index in [1.807, 2.05) is 54.6 Å². The van der Waals surface area contributed by atoms with Crippen LogP contribution >= 0.6 is 0 Å². The number of fused-ring (bicyclic) bond motifs is 1. The van der Waals surface area contributed by atoms with Crippen molar-refractivity contribution >= 4 is 34.4 Å². The van der Waals surface area contributed by atoms with Crippen molar-refractivity contribution < 1.29 is 23.8 Å². The number of carbonyl (C=O) groups is 2. The highest BCUT2D eigenvalue weighted by Gasteiger charge is 2.18. The fourth-order valence-electron chi connectivity index (χ4n) is 3.74. The molecule has 2 amide bonds. The Hall–Kier alpha value is -4.78. The van der Waals surface area contributed by atoms with E-state index >= 15 is 0 Å². The van der Waals surface area contributed by atoms with Crippen molar-refractivity contribution in [2.24, 2.45) is 0 Å². The van der Waals surface area contributed by atoms with Gasteiger partial charge < -0.3 is 24.8 Å². The van der Waals surface area contributed by atoms with Crippen molar-refractivity contribution in [1.29, 1.82) is 0 Å². The van der Waals surface area contributed by atoms with Gasteiger partial charge in [-0.3, -0.25) is 9.59 Å². The van der Waals surface area contributed by atoms with Gasteiger partial charge >= 0.3 is 0 Å². The summed E-state index contributed by atoms with van der Waals surface area (Å²) in [6.45, 7) is 0. The first kappa shape index (κ1) is 24.3. The highest BCUT2D eigenvalue weighted by Crippen LogP contribution is 2.28. The molecule has 0 radical (unpaired) electrons. The standard InChI is InChI=1S/C29H26N2O5/c1-34-25-11-7-6-10-21(25)17-24(31-28(32)22-13-15-26(35-2)27(18-22)36-3)29(33)30-23-14-12-19-8-4-5-9-20(19)16-23/h4-18H,1-3H3,(H,30,33)(H,31,32). The van der Waals surface area contributed by atoms with E-state index in [2.05, 4.69) is 10.6 Å². The summed E-state index contributed by atoms with van der Waals surface area (Å²) in [4.78, 5) is 26.5. The molecule has 0 aromatic heterocycles. The molecule has 0 aliphatic rings. The van der Waals surface area contributed by atoms with Crippen LogP contribution in [-0.2, 0) is 4.79 Å². The van der Waals surface area contributed by atoms with Crippen LogP contribution in [0.5, 0.6) is 17.2 Å². The minimum atomic E-state index is -0.481. The molecule has 0 bridgehead atoms. The summed E-state index contributed by atoms with van der Waals surface area (Å²) < 4.78 is 16.0. The van der Waals surface area contributed by atoms with Crippen molar-refractivity contribution in [3.8, 4) is 17.2 Å². The van der Waals surface area contributed by atoms with Crippen LogP contribution in [-0.4, -0.2) is 33.1 Å². The average molecular weight is 483 g/mol. The number of nitrogens with one attached hydrogen (secondary N) is 2. The number of anilines is 1. The lowest BCUT2D eigenvalue weighted by atomic mass is 10.1. The summed E-state index contributed by atoms with van der Waals surface area (Å²) in [7, 11) is 4.55. The van der Waals surface area contributed by atoms with Gasteiger partial charge in [0.2, 0.25) is 0 Å². The van der Waals surface area contributed by atoms with Crippen LogP contribution in [0.1, 0.15) is 15.9 Å². The Labute approximate surface area is 209 Å². The second-order valence-electron chi connectivity index (χ2n) is 7.84. The number of hydrogen-bond donors (Lipinski definition) is 2. The minimum absolute atomic E-state index is 0.0486. The molecule has 0 fully saturated rings. The Morgan fingerprint density at radius 3 is 2.14 bits per heavy atom. The van der Waals surface area contributed by atoms with Gasteiger partial charge in [-0.15, -0.1) is 0 Å². The Bertz CT molecular complexity index is 1440. The van der Waals surface area contributed by atoms with E-state index < -0.39 is 11.8 Å². The van der Waals surface area contributed by atoms with E-state index in [1.54, 1.807) is 43.5 Å². The van der Waals surface area contributed by atoms with E-state index in [9.17, 15) is 9.59 Å². The molecule has 0 heterocycles. The number of methoxy groups -OCH3 is 3. The molecule has 0 aliphatic heterocycles. The average Bonchev–Trinajstić information content (AvgIpc) is 2.92. The van der Waals surface area contributed by atoms with E-state index in [1.165, 1.54) is 14.2 Å². The van der Waals surface area contributed by atoms with Crippen molar-refractivity contribution in [3.63, 3.8) is 0 Å². The second kappa shape index (κ2) is 11.1. The van der Waals surface area contributed by atoms with Gasteiger partial charge in [0.25, 0.3) is 11.8 Å². The summed E-state index contributed by atoms with van der Waals surface area (Å²) in [5, 5.41) is 7.66. The molecule has 4 aromatic carbocycles. The molecule has 0 saturated heterocycles. The molecule has 0 aliphatic carbocycles. The Morgan fingerprint density at radius 2 is 1.39 bits per heavy atom. The fraction of sp³-hybridized carbons (Fsp3) is 0.103. The number of para-hydroxylation sites is 1. The van der Waals surface area contributed by atoms with Gasteiger partial charge in [-0.1, -0.05) is 48.5 Å². The first-order valence-electron chi connectivity index (χ1n) is 11.2. The number of benzene rings is 4. The van der Waals surface area contributed by atoms with E-state index in [-0.39, 0.29) is 5.70 Å². The molecule has 0 saturated carbocycles.